The third-order valence-corrected chi connectivity index (χ3v) is 4.97. The molecule has 3 heterocycles. The molecule has 0 aromatic carbocycles. The number of carbonyl (C=O) groups is 2. The minimum absolute atomic E-state index is 0.0521. The van der Waals surface area contributed by atoms with Gasteiger partial charge in [-0.3, -0.25) is 0 Å². The van der Waals surface area contributed by atoms with Gasteiger partial charge < -0.3 is 24.8 Å². The topological polar surface area (TPSA) is 114 Å². The molecule has 0 radical (unpaired) electrons. The summed E-state index contributed by atoms with van der Waals surface area (Å²) < 4.78 is 11.1. The lowest BCUT2D eigenvalue weighted by atomic mass is 9.96. The second-order valence-electron chi connectivity index (χ2n) is 7.69. The summed E-state index contributed by atoms with van der Waals surface area (Å²) in [5, 5.41) is 13.7. The van der Waals surface area contributed by atoms with E-state index in [9.17, 15) is 14.7 Å². The number of aromatic nitrogens is 2. The number of pyridine rings is 1. The SMILES string of the molecule is Cc1cnc(Nc2cccc(C3(C(=O)O)CN(C(=O)OC(C)(C)C)CCO3)n2)s1. The van der Waals surface area contributed by atoms with Crippen molar-refractivity contribution in [2.75, 3.05) is 25.0 Å². The van der Waals surface area contributed by atoms with Gasteiger partial charge in [0.2, 0.25) is 5.60 Å². The molecule has 2 N–H and O–H groups in total. The first-order valence-electron chi connectivity index (χ1n) is 9.11. The Bertz CT molecular complexity index is 910. The molecule has 10 heteroatoms. The van der Waals surface area contributed by atoms with E-state index in [0.717, 1.165) is 4.88 Å². The summed E-state index contributed by atoms with van der Waals surface area (Å²) in [6, 6.07) is 4.97. The summed E-state index contributed by atoms with van der Waals surface area (Å²) >= 11 is 1.46. The van der Waals surface area contributed by atoms with Gasteiger partial charge in [0, 0.05) is 17.6 Å². The van der Waals surface area contributed by atoms with E-state index in [-0.39, 0.29) is 25.4 Å². The fourth-order valence-corrected chi connectivity index (χ4v) is 3.52. The van der Waals surface area contributed by atoms with Crippen molar-refractivity contribution in [3.63, 3.8) is 0 Å². The van der Waals surface area contributed by atoms with Crippen LogP contribution >= 0.6 is 11.3 Å². The van der Waals surface area contributed by atoms with Crippen molar-refractivity contribution in [1.82, 2.24) is 14.9 Å². The van der Waals surface area contributed by atoms with Crippen LogP contribution in [0.25, 0.3) is 0 Å². The highest BCUT2D eigenvalue weighted by Crippen LogP contribution is 2.31. The van der Waals surface area contributed by atoms with Crippen molar-refractivity contribution in [2.45, 2.75) is 38.9 Å². The van der Waals surface area contributed by atoms with E-state index in [0.29, 0.717) is 10.9 Å². The predicted molar refractivity (Wildman–Crippen MR) is 107 cm³/mol. The van der Waals surface area contributed by atoms with Gasteiger partial charge >= 0.3 is 12.1 Å². The summed E-state index contributed by atoms with van der Waals surface area (Å²) in [6.07, 6.45) is 1.15. The van der Waals surface area contributed by atoms with Crippen LogP contribution in [0.4, 0.5) is 15.7 Å². The lowest BCUT2D eigenvalue weighted by molar-refractivity contribution is -0.180. The number of carboxylic acids is 1. The number of amides is 1. The monoisotopic (exact) mass is 420 g/mol. The van der Waals surface area contributed by atoms with Crippen molar-refractivity contribution in [1.29, 1.82) is 0 Å². The highest BCUT2D eigenvalue weighted by atomic mass is 32.1. The Morgan fingerprint density at radius 1 is 1.38 bits per heavy atom. The van der Waals surface area contributed by atoms with Gasteiger partial charge in [-0.15, -0.1) is 11.3 Å². The number of aliphatic carboxylic acids is 1. The molecule has 9 nitrogen and oxygen atoms in total. The lowest BCUT2D eigenvalue weighted by Gasteiger charge is -2.39. The Morgan fingerprint density at radius 2 is 2.14 bits per heavy atom. The van der Waals surface area contributed by atoms with E-state index in [2.05, 4.69) is 15.3 Å². The molecular weight excluding hydrogens is 396 g/mol. The number of ether oxygens (including phenoxy) is 2. The van der Waals surface area contributed by atoms with E-state index in [1.54, 1.807) is 45.2 Å². The van der Waals surface area contributed by atoms with Crippen LogP contribution in [0.5, 0.6) is 0 Å². The van der Waals surface area contributed by atoms with Crippen molar-refractivity contribution in [3.05, 3.63) is 35.0 Å². The zero-order valence-corrected chi connectivity index (χ0v) is 17.6. The normalized spacial score (nSPS) is 19.7. The average molecular weight is 420 g/mol. The van der Waals surface area contributed by atoms with E-state index >= 15 is 0 Å². The molecule has 1 aliphatic rings. The van der Waals surface area contributed by atoms with E-state index < -0.39 is 23.3 Å². The summed E-state index contributed by atoms with van der Waals surface area (Å²) in [4.78, 5) is 35.7. The predicted octanol–water partition coefficient (Wildman–Crippen LogP) is 3.14. The van der Waals surface area contributed by atoms with Gasteiger partial charge in [0.05, 0.1) is 18.8 Å². The second-order valence-corrected chi connectivity index (χ2v) is 8.93. The maximum Gasteiger partial charge on any atom is 0.410 e. The third kappa shape index (κ3) is 4.83. The van der Waals surface area contributed by atoms with Gasteiger partial charge in [-0.2, -0.15) is 0 Å². The van der Waals surface area contributed by atoms with Crippen LogP contribution in [0.15, 0.2) is 24.4 Å². The molecule has 1 amide bonds. The fraction of sp³-hybridized carbons (Fsp3) is 0.474. The molecule has 29 heavy (non-hydrogen) atoms. The van der Waals surface area contributed by atoms with E-state index in [1.165, 1.54) is 16.2 Å². The van der Waals surface area contributed by atoms with Gasteiger partial charge in [0.1, 0.15) is 11.4 Å². The summed E-state index contributed by atoms with van der Waals surface area (Å²) in [6.45, 7) is 7.29. The van der Waals surface area contributed by atoms with Crippen LogP contribution in [0, 0.1) is 6.92 Å². The number of nitrogens with one attached hydrogen (secondary N) is 1. The number of hydrogen-bond acceptors (Lipinski definition) is 8. The average Bonchev–Trinajstić information content (AvgIpc) is 3.05. The number of thiazole rings is 1. The number of hydrogen-bond donors (Lipinski definition) is 2. The standard InChI is InChI=1S/C19H24N4O5S/c1-12-10-20-16(29-12)22-14-7-5-6-13(21-14)19(15(24)25)11-23(8-9-27-19)17(26)28-18(2,3)4/h5-7,10H,8-9,11H2,1-4H3,(H,24,25)(H,20,21,22). The molecule has 1 fully saturated rings. The molecule has 1 aliphatic heterocycles. The lowest BCUT2D eigenvalue weighted by Crippen LogP contribution is -2.56. The summed E-state index contributed by atoms with van der Waals surface area (Å²) in [5.74, 6) is -0.782. The minimum atomic E-state index is -1.79. The van der Waals surface area contributed by atoms with Gasteiger partial charge in [0.15, 0.2) is 5.13 Å². The Hall–Kier alpha value is -2.72. The van der Waals surface area contributed by atoms with Gasteiger partial charge in [-0.25, -0.2) is 19.6 Å². The number of nitrogens with zero attached hydrogens (tertiary/aromatic N) is 3. The number of anilines is 2. The van der Waals surface area contributed by atoms with Gasteiger partial charge in [-0.05, 0) is 39.8 Å². The van der Waals surface area contributed by atoms with Crippen LogP contribution in [-0.4, -0.2) is 57.3 Å². The number of aryl methyl sites for hydroxylation is 1. The smallest absolute Gasteiger partial charge is 0.410 e. The molecule has 0 saturated carbocycles. The summed E-state index contributed by atoms with van der Waals surface area (Å²) in [7, 11) is 0. The molecule has 2 aromatic heterocycles. The highest BCUT2D eigenvalue weighted by Gasteiger charge is 2.49. The number of morpholine rings is 1. The van der Waals surface area contributed by atoms with Crippen LogP contribution in [0.1, 0.15) is 31.3 Å². The maximum absolute atomic E-state index is 12.5. The Kier molecular flexibility index (Phi) is 5.76. The zero-order valence-electron chi connectivity index (χ0n) is 16.8. The number of carbonyl (C=O) groups excluding carboxylic acids is 1. The van der Waals surface area contributed by atoms with E-state index in [4.69, 9.17) is 9.47 Å². The Labute approximate surface area is 172 Å². The quantitative estimate of drug-likeness (QED) is 0.775. The van der Waals surface area contributed by atoms with Crippen molar-refractivity contribution in [2.24, 2.45) is 0 Å². The molecule has 3 rings (SSSR count). The highest BCUT2D eigenvalue weighted by molar-refractivity contribution is 7.15. The van der Waals surface area contributed by atoms with Crippen LogP contribution in [0.2, 0.25) is 0 Å². The van der Waals surface area contributed by atoms with E-state index in [1.807, 2.05) is 6.92 Å². The second kappa shape index (κ2) is 7.96. The van der Waals surface area contributed by atoms with Gasteiger partial charge in [0.25, 0.3) is 0 Å². The number of rotatable bonds is 4. The molecule has 0 bridgehead atoms. The van der Waals surface area contributed by atoms with Crippen LogP contribution in [-0.2, 0) is 19.9 Å². The molecule has 156 valence electrons. The molecule has 1 unspecified atom stereocenters. The fourth-order valence-electron chi connectivity index (χ4n) is 2.85. The molecule has 1 atom stereocenters. The number of carboxylic acid groups (broad SMARTS) is 1. The molecular formula is C19H24N4O5S. The minimum Gasteiger partial charge on any atom is -0.479 e. The third-order valence-electron chi connectivity index (χ3n) is 4.14. The first kappa shape index (κ1) is 21.0. The zero-order chi connectivity index (χ0) is 21.2. The Morgan fingerprint density at radius 3 is 2.76 bits per heavy atom. The van der Waals surface area contributed by atoms with Crippen LogP contribution < -0.4 is 5.32 Å². The summed E-state index contributed by atoms with van der Waals surface area (Å²) in [5.41, 5.74) is -2.28. The first-order chi connectivity index (χ1) is 13.6. The molecule has 1 saturated heterocycles. The molecule has 2 aromatic rings. The van der Waals surface area contributed by atoms with Crippen molar-refractivity contribution < 1.29 is 24.2 Å². The molecule has 0 spiro atoms. The molecule has 0 aliphatic carbocycles. The van der Waals surface area contributed by atoms with Crippen LogP contribution in [0.3, 0.4) is 0 Å². The van der Waals surface area contributed by atoms with Crippen molar-refractivity contribution >= 4 is 34.3 Å². The Balaban J connectivity index is 1.87. The van der Waals surface area contributed by atoms with Gasteiger partial charge in [-0.1, -0.05) is 6.07 Å². The largest absolute Gasteiger partial charge is 0.479 e. The van der Waals surface area contributed by atoms with Crippen molar-refractivity contribution in [3.8, 4) is 0 Å². The maximum atomic E-state index is 12.5. The first-order valence-corrected chi connectivity index (χ1v) is 9.93.